The predicted molar refractivity (Wildman–Crippen MR) is 100.0 cm³/mol. The Morgan fingerprint density at radius 3 is 2.38 bits per heavy atom. The monoisotopic (exact) mass is 435 g/mol. The minimum Gasteiger partial charge on any atom is -0.494 e. The van der Waals surface area contributed by atoms with E-state index in [1.54, 1.807) is 30.4 Å². The molecule has 1 amide bonds. The second kappa shape index (κ2) is 9.16. The van der Waals surface area contributed by atoms with Gasteiger partial charge in [0, 0.05) is 0 Å². The molecule has 0 aliphatic carbocycles. The van der Waals surface area contributed by atoms with Crippen LogP contribution >= 0.6 is 11.3 Å². The minimum absolute atomic E-state index is 0.191. The van der Waals surface area contributed by atoms with Gasteiger partial charge in [-0.05, 0) is 39.0 Å². The Bertz CT molecular complexity index is 874. The molecule has 0 saturated carbocycles. The van der Waals surface area contributed by atoms with Gasteiger partial charge in [0.2, 0.25) is 0 Å². The fraction of sp³-hybridized carbons (Fsp3) is 0.471. The smallest absolute Gasteiger partial charge is 0.442 e. The molecule has 2 aromatic rings. The summed E-state index contributed by atoms with van der Waals surface area (Å²) in [5.41, 5.74) is -3.19. The van der Waals surface area contributed by atoms with Gasteiger partial charge in [-0.3, -0.25) is 5.32 Å². The molecule has 1 heterocycles. The summed E-state index contributed by atoms with van der Waals surface area (Å²) in [5, 5.41) is 3.30. The van der Waals surface area contributed by atoms with Crippen molar-refractivity contribution in [1.29, 1.82) is 0 Å². The molecule has 0 aliphatic heterocycles. The molecule has 0 aliphatic rings. The van der Waals surface area contributed by atoms with E-state index in [1.807, 2.05) is 5.32 Å². The van der Waals surface area contributed by atoms with E-state index < -0.39 is 23.9 Å². The number of halogens is 3. The van der Waals surface area contributed by atoms with E-state index in [0.29, 0.717) is 22.6 Å². The van der Waals surface area contributed by atoms with Crippen molar-refractivity contribution in [2.75, 3.05) is 25.1 Å². The first-order chi connectivity index (χ1) is 13.7. The third-order valence-electron chi connectivity index (χ3n) is 3.54. The molecular weight excluding hydrogens is 415 g/mol. The number of esters is 1. The second-order valence-electron chi connectivity index (χ2n) is 5.52. The number of ether oxygens (including phenoxy) is 3. The molecule has 160 valence electrons. The van der Waals surface area contributed by atoms with E-state index >= 15 is 0 Å². The Balaban J connectivity index is 2.48. The lowest BCUT2D eigenvalue weighted by Crippen LogP contribution is -2.69. The number of hydrogen-bond donors (Lipinski definition) is 2. The summed E-state index contributed by atoms with van der Waals surface area (Å²) >= 11 is 0.854. The lowest BCUT2D eigenvalue weighted by atomic mass is 10.1. The van der Waals surface area contributed by atoms with E-state index in [9.17, 15) is 22.8 Å². The van der Waals surface area contributed by atoms with Crippen molar-refractivity contribution < 1.29 is 37.0 Å². The summed E-state index contributed by atoms with van der Waals surface area (Å²) in [5.74, 6) is -1.22. The molecule has 1 atom stereocenters. The van der Waals surface area contributed by atoms with Gasteiger partial charge >= 0.3 is 23.9 Å². The molecule has 0 radical (unpaired) electrons. The highest BCUT2D eigenvalue weighted by Crippen LogP contribution is 2.36. The van der Waals surface area contributed by atoms with Crippen molar-refractivity contribution in [2.45, 2.75) is 32.6 Å². The average molecular weight is 435 g/mol. The van der Waals surface area contributed by atoms with E-state index in [0.717, 1.165) is 11.3 Å². The van der Waals surface area contributed by atoms with Crippen LogP contribution in [0.4, 0.5) is 23.1 Å². The quantitative estimate of drug-likeness (QED) is 0.482. The number of alkyl carbamates (subject to hydrolysis) is 1. The largest absolute Gasteiger partial charge is 0.494 e. The summed E-state index contributed by atoms with van der Waals surface area (Å²) in [6.45, 7) is 4.44. The summed E-state index contributed by atoms with van der Waals surface area (Å²) in [7, 11) is 0. The molecule has 0 fully saturated rings. The highest BCUT2D eigenvalue weighted by molar-refractivity contribution is 7.22. The van der Waals surface area contributed by atoms with Crippen LogP contribution in [0.25, 0.3) is 10.2 Å². The second-order valence-corrected chi connectivity index (χ2v) is 6.55. The fourth-order valence-electron chi connectivity index (χ4n) is 2.33. The zero-order valence-electron chi connectivity index (χ0n) is 15.9. The Morgan fingerprint density at radius 2 is 1.79 bits per heavy atom. The van der Waals surface area contributed by atoms with Crippen LogP contribution in [0.15, 0.2) is 18.2 Å². The molecule has 0 unspecified atom stereocenters. The van der Waals surface area contributed by atoms with Crippen LogP contribution < -0.4 is 15.4 Å². The molecule has 12 heteroatoms. The van der Waals surface area contributed by atoms with Crippen molar-refractivity contribution in [1.82, 2.24) is 10.3 Å². The number of carbonyl (C=O) groups is 2. The summed E-state index contributed by atoms with van der Waals surface area (Å²) in [6.07, 6.45) is -6.70. The predicted octanol–water partition coefficient (Wildman–Crippen LogP) is 3.67. The van der Waals surface area contributed by atoms with E-state index in [4.69, 9.17) is 4.74 Å². The van der Waals surface area contributed by atoms with Crippen molar-refractivity contribution in [3.63, 3.8) is 0 Å². The number of nitrogens with one attached hydrogen (secondary N) is 2. The Morgan fingerprint density at radius 1 is 1.10 bits per heavy atom. The number of carbonyl (C=O) groups excluding carboxylic acids is 2. The number of rotatable bonds is 8. The van der Waals surface area contributed by atoms with Gasteiger partial charge in [-0.1, -0.05) is 11.3 Å². The van der Waals surface area contributed by atoms with E-state index in [-0.39, 0.29) is 18.3 Å². The average Bonchev–Trinajstić information content (AvgIpc) is 3.02. The van der Waals surface area contributed by atoms with Gasteiger partial charge in [-0.15, -0.1) is 0 Å². The molecule has 2 N–H and O–H groups in total. The van der Waals surface area contributed by atoms with E-state index in [2.05, 4.69) is 14.5 Å². The van der Waals surface area contributed by atoms with Gasteiger partial charge in [0.25, 0.3) is 0 Å². The van der Waals surface area contributed by atoms with Gasteiger partial charge in [0.1, 0.15) is 5.75 Å². The number of aromatic nitrogens is 1. The van der Waals surface area contributed by atoms with Crippen LogP contribution in [0.1, 0.15) is 20.8 Å². The fourth-order valence-corrected chi connectivity index (χ4v) is 3.28. The molecule has 8 nitrogen and oxygen atoms in total. The molecule has 0 spiro atoms. The number of hydrogen-bond acceptors (Lipinski definition) is 8. The molecule has 0 saturated heterocycles. The van der Waals surface area contributed by atoms with Gasteiger partial charge < -0.3 is 19.5 Å². The maximum Gasteiger partial charge on any atom is 0.442 e. The SMILES string of the molecule is CCOC(=O)N[C@@](Nc1nc2ccc(OCC)cc2s1)(C(=O)OCC)C(F)(F)F. The van der Waals surface area contributed by atoms with Crippen molar-refractivity contribution >= 4 is 38.7 Å². The van der Waals surface area contributed by atoms with Crippen LogP contribution in [0, 0.1) is 0 Å². The van der Waals surface area contributed by atoms with Crippen LogP contribution in [0.2, 0.25) is 0 Å². The Kier molecular flexibility index (Phi) is 7.11. The molecular formula is C17H20F3N3O5S. The van der Waals surface area contributed by atoms with Crippen molar-refractivity contribution in [3.8, 4) is 5.75 Å². The summed E-state index contributed by atoms with van der Waals surface area (Å²) in [4.78, 5) is 28.1. The number of amides is 1. The van der Waals surface area contributed by atoms with Crippen LogP contribution in [-0.4, -0.2) is 48.7 Å². The highest BCUT2D eigenvalue weighted by atomic mass is 32.1. The van der Waals surface area contributed by atoms with Gasteiger partial charge in [0.15, 0.2) is 5.13 Å². The molecule has 29 heavy (non-hydrogen) atoms. The Hall–Kier alpha value is -2.76. The van der Waals surface area contributed by atoms with Crippen LogP contribution in [0.3, 0.4) is 0 Å². The topological polar surface area (TPSA) is 98.8 Å². The number of benzene rings is 1. The third kappa shape index (κ3) is 5.00. The first-order valence-electron chi connectivity index (χ1n) is 8.67. The third-order valence-corrected chi connectivity index (χ3v) is 4.47. The maximum absolute atomic E-state index is 14.0. The Labute approximate surface area is 168 Å². The van der Waals surface area contributed by atoms with E-state index in [1.165, 1.54) is 13.8 Å². The van der Waals surface area contributed by atoms with Crippen LogP contribution in [0.5, 0.6) is 5.75 Å². The number of thiazole rings is 1. The van der Waals surface area contributed by atoms with Crippen molar-refractivity contribution in [2.24, 2.45) is 0 Å². The standard InChI is InChI=1S/C17H20F3N3O5S/c1-4-26-10-7-8-11-12(9-10)29-14(21-11)22-16(17(18,19)20,13(24)27-5-2)23-15(25)28-6-3/h7-9H,4-6H2,1-3H3,(H,21,22)(H,23,25)/t16-/m0/s1. The lowest BCUT2D eigenvalue weighted by molar-refractivity contribution is -0.205. The molecule has 1 aromatic heterocycles. The summed E-state index contributed by atoms with van der Waals surface area (Å²) in [6, 6.07) is 4.80. The number of alkyl halides is 3. The normalized spacial score (nSPS) is 13.4. The molecule has 0 bridgehead atoms. The first-order valence-corrected chi connectivity index (χ1v) is 9.48. The minimum atomic E-state index is -5.26. The van der Waals surface area contributed by atoms with Gasteiger partial charge in [-0.25, -0.2) is 14.6 Å². The van der Waals surface area contributed by atoms with Gasteiger partial charge in [0.05, 0.1) is 30.0 Å². The highest BCUT2D eigenvalue weighted by Gasteiger charge is 2.64. The number of nitrogens with zero attached hydrogens (tertiary/aromatic N) is 1. The lowest BCUT2D eigenvalue weighted by Gasteiger charge is -2.33. The zero-order valence-corrected chi connectivity index (χ0v) is 16.7. The summed E-state index contributed by atoms with van der Waals surface area (Å²) < 4.78 is 56.9. The molecule has 1 aromatic carbocycles. The molecule has 2 rings (SSSR count). The van der Waals surface area contributed by atoms with Crippen molar-refractivity contribution in [3.05, 3.63) is 18.2 Å². The van der Waals surface area contributed by atoms with Crippen LogP contribution in [-0.2, 0) is 14.3 Å². The maximum atomic E-state index is 14.0. The number of fused-ring (bicyclic) bond motifs is 1. The number of anilines is 1. The van der Waals surface area contributed by atoms with Gasteiger partial charge in [-0.2, -0.15) is 13.2 Å². The zero-order chi connectivity index (χ0) is 21.7. The first kappa shape index (κ1) is 22.5.